The fourth-order valence-electron chi connectivity index (χ4n) is 1.13. The molecule has 0 aromatic heterocycles. The summed E-state index contributed by atoms with van der Waals surface area (Å²) in [7, 11) is 0. The minimum atomic E-state index is 0.237. The van der Waals surface area contributed by atoms with Gasteiger partial charge in [0.2, 0.25) is 0 Å². The van der Waals surface area contributed by atoms with Crippen molar-refractivity contribution < 1.29 is 2.74 Å². The second-order valence-electron chi connectivity index (χ2n) is 2.56. The minimum absolute atomic E-state index is 0.237. The van der Waals surface area contributed by atoms with E-state index in [1.165, 1.54) is 0 Å². The van der Waals surface area contributed by atoms with Gasteiger partial charge in [-0.05, 0) is 37.1 Å². The second kappa shape index (κ2) is 2.82. The molecule has 0 atom stereocenters. The van der Waals surface area contributed by atoms with Crippen molar-refractivity contribution in [2.24, 2.45) is 5.18 Å². The lowest BCUT2D eigenvalue weighted by Crippen LogP contribution is -1.81. The van der Waals surface area contributed by atoms with Gasteiger partial charge >= 0.3 is 0 Å². The zero-order chi connectivity index (χ0) is 10.2. The van der Waals surface area contributed by atoms with E-state index < -0.39 is 0 Å². The van der Waals surface area contributed by atoms with Gasteiger partial charge in [0.05, 0.1) is 2.74 Å². The highest BCUT2D eigenvalue weighted by molar-refractivity contribution is 5.53. The Labute approximate surface area is 69.0 Å². The van der Waals surface area contributed by atoms with Gasteiger partial charge in [0.1, 0.15) is 5.69 Å². The first-order valence-corrected chi connectivity index (χ1v) is 3.41. The Hall–Kier alpha value is -1.18. The Morgan fingerprint density at radius 1 is 1.27 bits per heavy atom. The van der Waals surface area contributed by atoms with Crippen molar-refractivity contribution in [1.82, 2.24) is 0 Å². The lowest BCUT2D eigenvalue weighted by atomic mass is 10.1. The predicted molar refractivity (Wildman–Crippen MR) is 46.1 cm³/mol. The summed E-state index contributed by atoms with van der Waals surface area (Å²) < 4.78 is 15.2. The van der Waals surface area contributed by atoms with Gasteiger partial charge in [-0.1, -0.05) is 17.6 Å². The Bertz CT molecular complexity index is 345. The highest BCUT2D eigenvalue weighted by Gasteiger charge is 2.02. The maximum atomic E-state index is 10.4. The van der Waals surface area contributed by atoms with E-state index in [0.717, 1.165) is 0 Å². The normalized spacial score (nSPS) is 12.3. The molecule has 0 amide bonds. The van der Waals surface area contributed by atoms with E-state index in [1.807, 2.05) is 0 Å². The fourth-order valence-corrected chi connectivity index (χ4v) is 1.13. The fraction of sp³-hybridized carbons (Fsp3) is 0.333. The third-order valence-electron chi connectivity index (χ3n) is 1.55. The molecule has 0 heterocycles. The quantitative estimate of drug-likeness (QED) is 0.567. The molecule has 0 aliphatic carbocycles. The number of rotatable bonds is 1. The lowest BCUT2D eigenvalue weighted by molar-refractivity contribution is 1.28. The van der Waals surface area contributed by atoms with E-state index in [2.05, 4.69) is 5.18 Å². The maximum absolute atomic E-state index is 10.4. The second-order valence-corrected chi connectivity index (χ2v) is 2.56. The van der Waals surface area contributed by atoms with Crippen molar-refractivity contribution in [3.05, 3.63) is 33.7 Å². The lowest BCUT2D eigenvalue weighted by Gasteiger charge is -2.02. The SMILES string of the molecule is [2H]c1c(C)c([2H])c(C)c(N=O)c1C. The molecule has 0 aliphatic rings. The molecule has 0 fully saturated rings. The van der Waals surface area contributed by atoms with Gasteiger partial charge in [-0.25, -0.2) is 0 Å². The van der Waals surface area contributed by atoms with Crippen LogP contribution >= 0.6 is 0 Å². The molecule has 58 valence electrons. The summed E-state index contributed by atoms with van der Waals surface area (Å²) in [4.78, 5) is 10.4. The first-order valence-electron chi connectivity index (χ1n) is 4.41. The van der Waals surface area contributed by atoms with Crippen molar-refractivity contribution in [3.8, 4) is 0 Å². The maximum Gasteiger partial charge on any atom is 0.113 e. The van der Waals surface area contributed by atoms with Gasteiger partial charge in [-0.3, -0.25) is 0 Å². The zero-order valence-electron chi connectivity index (χ0n) is 8.86. The number of benzene rings is 1. The minimum Gasteiger partial charge on any atom is -0.145 e. The van der Waals surface area contributed by atoms with Crippen molar-refractivity contribution >= 4 is 5.69 Å². The van der Waals surface area contributed by atoms with Crippen LogP contribution in [0.4, 0.5) is 5.69 Å². The molecule has 0 spiro atoms. The van der Waals surface area contributed by atoms with Crippen molar-refractivity contribution in [2.75, 3.05) is 0 Å². The van der Waals surface area contributed by atoms with Crippen LogP contribution in [0.15, 0.2) is 17.3 Å². The van der Waals surface area contributed by atoms with E-state index in [4.69, 9.17) is 2.74 Å². The average Bonchev–Trinajstić information content (AvgIpc) is 2.13. The summed E-state index contributed by atoms with van der Waals surface area (Å²) in [5, 5.41) is 2.84. The topological polar surface area (TPSA) is 29.4 Å². The highest BCUT2D eigenvalue weighted by Crippen LogP contribution is 2.24. The van der Waals surface area contributed by atoms with Crippen LogP contribution in [-0.4, -0.2) is 0 Å². The molecule has 0 N–H and O–H groups in total. The van der Waals surface area contributed by atoms with E-state index in [1.54, 1.807) is 20.8 Å². The summed E-state index contributed by atoms with van der Waals surface area (Å²) in [6.45, 7) is 5.07. The molecule has 0 aliphatic heterocycles. The van der Waals surface area contributed by atoms with Crippen LogP contribution in [0.5, 0.6) is 0 Å². The van der Waals surface area contributed by atoms with Crippen molar-refractivity contribution in [2.45, 2.75) is 20.8 Å². The Morgan fingerprint density at radius 3 is 2.09 bits per heavy atom. The number of nitroso groups, excluding NO2 is 1. The summed E-state index contributed by atoms with van der Waals surface area (Å²) >= 11 is 0. The van der Waals surface area contributed by atoms with Crippen LogP contribution in [0.2, 0.25) is 0 Å². The summed E-state index contributed by atoms with van der Waals surface area (Å²) in [6, 6.07) is 0.482. The molecule has 0 radical (unpaired) electrons. The van der Waals surface area contributed by atoms with Crippen LogP contribution in [0.3, 0.4) is 0 Å². The molecule has 0 unspecified atom stereocenters. The molecule has 1 aromatic rings. The number of hydrogen-bond acceptors (Lipinski definition) is 2. The smallest absolute Gasteiger partial charge is 0.113 e. The van der Waals surface area contributed by atoms with Gasteiger partial charge in [0.15, 0.2) is 0 Å². The van der Waals surface area contributed by atoms with Crippen LogP contribution in [0, 0.1) is 25.7 Å². The first kappa shape index (κ1) is 5.47. The zero-order valence-corrected chi connectivity index (χ0v) is 6.86. The Balaban J connectivity index is 3.66. The molecule has 11 heavy (non-hydrogen) atoms. The van der Waals surface area contributed by atoms with Crippen LogP contribution < -0.4 is 0 Å². The van der Waals surface area contributed by atoms with Crippen LogP contribution in [-0.2, 0) is 0 Å². The molecule has 2 nitrogen and oxygen atoms in total. The standard InChI is InChI=1S/C9H11NO/c1-6-4-7(2)9(10-11)8(3)5-6/h4-5H,1-3H3/i4D,5D. The highest BCUT2D eigenvalue weighted by atomic mass is 16.3. The number of nitrogens with zero attached hydrogens (tertiary/aromatic N) is 1. The third-order valence-corrected chi connectivity index (χ3v) is 1.55. The number of hydrogen-bond donors (Lipinski definition) is 0. The molecule has 0 saturated carbocycles. The third kappa shape index (κ3) is 1.45. The average molecular weight is 151 g/mol. The molecule has 2 heteroatoms. The summed E-state index contributed by atoms with van der Waals surface area (Å²) in [5.74, 6) is 0. The Kier molecular flexibility index (Phi) is 1.40. The van der Waals surface area contributed by atoms with Crippen LogP contribution in [0.1, 0.15) is 19.4 Å². The Morgan fingerprint density at radius 2 is 1.73 bits per heavy atom. The van der Waals surface area contributed by atoms with Crippen molar-refractivity contribution in [3.63, 3.8) is 0 Å². The van der Waals surface area contributed by atoms with E-state index in [0.29, 0.717) is 16.7 Å². The molecule has 1 aromatic carbocycles. The summed E-state index contributed by atoms with van der Waals surface area (Å²) in [5.41, 5.74) is 1.95. The predicted octanol–water partition coefficient (Wildman–Crippen LogP) is 3.01. The first-order chi connectivity index (χ1) is 6.00. The largest absolute Gasteiger partial charge is 0.145 e. The van der Waals surface area contributed by atoms with E-state index in [-0.39, 0.29) is 17.8 Å². The van der Waals surface area contributed by atoms with Crippen molar-refractivity contribution in [1.29, 1.82) is 0 Å². The molecule has 0 bridgehead atoms. The van der Waals surface area contributed by atoms with E-state index >= 15 is 0 Å². The molecular weight excluding hydrogens is 138 g/mol. The van der Waals surface area contributed by atoms with Crippen LogP contribution in [0.25, 0.3) is 0 Å². The molecular formula is C9H11NO. The molecule has 0 saturated heterocycles. The van der Waals surface area contributed by atoms with Gasteiger partial charge in [-0.2, -0.15) is 0 Å². The monoisotopic (exact) mass is 151 g/mol. The molecule has 1 rings (SSSR count). The van der Waals surface area contributed by atoms with E-state index in [9.17, 15) is 4.91 Å². The van der Waals surface area contributed by atoms with Gasteiger partial charge in [0, 0.05) is 0 Å². The van der Waals surface area contributed by atoms with Gasteiger partial charge < -0.3 is 0 Å². The van der Waals surface area contributed by atoms with Gasteiger partial charge in [0.25, 0.3) is 0 Å². The van der Waals surface area contributed by atoms with Gasteiger partial charge in [-0.15, -0.1) is 4.91 Å². The summed E-state index contributed by atoms with van der Waals surface area (Å²) in [6.07, 6.45) is 0.